The average molecular weight is 267 g/mol. The summed E-state index contributed by atoms with van der Waals surface area (Å²) in [6, 6.07) is 2.63. The van der Waals surface area contributed by atoms with Crippen LogP contribution in [0.5, 0.6) is 0 Å². The van der Waals surface area contributed by atoms with Crippen molar-refractivity contribution in [2.24, 2.45) is 11.3 Å². The van der Waals surface area contributed by atoms with E-state index in [1.807, 2.05) is 13.1 Å². The Morgan fingerprint density at radius 1 is 1.39 bits per heavy atom. The van der Waals surface area contributed by atoms with Gasteiger partial charge in [0.05, 0.1) is 11.9 Å². The van der Waals surface area contributed by atoms with Crippen molar-refractivity contribution in [1.29, 1.82) is 0 Å². The molecule has 0 radical (unpaired) electrons. The molecule has 1 aliphatic rings. The van der Waals surface area contributed by atoms with E-state index in [2.05, 4.69) is 37.1 Å². The fourth-order valence-electron chi connectivity index (χ4n) is 3.33. The Balaban J connectivity index is 2.06. The standard InChI is InChI=1S/C15H23ClN2/c1-10-5-12(8-15(3,4)7-10)18-13-6-11(2)14(16)17-9-13/h6,9-10,12,18H,5,7-8H2,1-4H3. The smallest absolute Gasteiger partial charge is 0.132 e. The van der Waals surface area contributed by atoms with Crippen LogP contribution in [0.1, 0.15) is 45.6 Å². The highest BCUT2D eigenvalue weighted by Crippen LogP contribution is 2.39. The van der Waals surface area contributed by atoms with Crippen molar-refractivity contribution in [2.75, 3.05) is 5.32 Å². The molecule has 1 aliphatic carbocycles. The van der Waals surface area contributed by atoms with Crippen LogP contribution in [0.15, 0.2) is 12.3 Å². The van der Waals surface area contributed by atoms with Gasteiger partial charge in [0.15, 0.2) is 0 Å². The Morgan fingerprint density at radius 2 is 2.11 bits per heavy atom. The molecule has 0 aromatic carbocycles. The summed E-state index contributed by atoms with van der Waals surface area (Å²) in [6.07, 6.45) is 5.62. The van der Waals surface area contributed by atoms with E-state index in [0.717, 1.165) is 17.2 Å². The van der Waals surface area contributed by atoms with Crippen molar-refractivity contribution >= 4 is 17.3 Å². The third kappa shape index (κ3) is 3.38. The minimum absolute atomic E-state index is 0.435. The highest BCUT2D eigenvalue weighted by molar-refractivity contribution is 6.30. The van der Waals surface area contributed by atoms with Gasteiger partial charge < -0.3 is 5.32 Å². The van der Waals surface area contributed by atoms with Gasteiger partial charge in [0, 0.05) is 6.04 Å². The van der Waals surface area contributed by atoms with Gasteiger partial charge >= 0.3 is 0 Å². The first-order chi connectivity index (χ1) is 8.35. The summed E-state index contributed by atoms with van der Waals surface area (Å²) in [5.41, 5.74) is 2.56. The zero-order chi connectivity index (χ0) is 13.3. The van der Waals surface area contributed by atoms with Crippen molar-refractivity contribution in [3.8, 4) is 0 Å². The molecule has 0 saturated heterocycles. The van der Waals surface area contributed by atoms with Gasteiger partial charge in [0.25, 0.3) is 0 Å². The minimum atomic E-state index is 0.435. The normalized spacial score (nSPS) is 26.9. The van der Waals surface area contributed by atoms with Crippen LogP contribution >= 0.6 is 11.6 Å². The van der Waals surface area contributed by atoms with Gasteiger partial charge in [-0.25, -0.2) is 4.98 Å². The number of aromatic nitrogens is 1. The zero-order valence-corrected chi connectivity index (χ0v) is 12.5. The summed E-state index contributed by atoms with van der Waals surface area (Å²) < 4.78 is 0. The lowest BCUT2D eigenvalue weighted by atomic mass is 9.70. The summed E-state index contributed by atoms with van der Waals surface area (Å²) in [6.45, 7) is 9.07. The topological polar surface area (TPSA) is 24.9 Å². The van der Waals surface area contributed by atoms with E-state index >= 15 is 0 Å². The fourth-order valence-corrected chi connectivity index (χ4v) is 3.43. The van der Waals surface area contributed by atoms with Crippen LogP contribution in [0, 0.1) is 18.3 Å². The van der Waals surface area contributed by atoms with Crippen molar-refractivity contribution in [1.82, 2.24) is 4.98 Å². The number of halogens is 1. The molecule has 1 aromatic heterocycles. The first kappa shape index (κ1) is 13.7. The second-order valence-electron chi connectivity index (χ2n) is 6.59. The lowest BCUT2D eigenvalue weighted by Crippen LogP contribution is -2.35. The number of hydrogen-bond donors (Lipinski definition) is 1. The summed E-state index contributed by atoms with van der Waals surface area (Å²) in [4.78, 5) is 4.20. The van der Waals surface area contributed by atoms with Gasteiger partial charge in [0.2, 0.25) is 0 Å². The first-order valence-electron chi connectivity index (χ1n) is 6.74. The predicted octanol–water partition coefficient (Wildman–Crippen LogP) is 4.67. The molecule has 3 heteroatoms. The molecule has 2 nitrogen and oxygen atoms in total. The molecule has 1 heterocycles. The lowest BCUT2D eigenvalue weighted by Gasteiger charge is -2.39. The van der Waals surface area contributed by atoms with Gasteiger partial charge in [-0.1, -0.05) is 32.4 Å². The van der Waals surface area contributed by atoms with Crippen LogP contribution < -0.4 is 5.32 Å². The molecular formula is C15H23ClN2. The maximum absolute atomic E-state index is 5.95. The summed E-state index contributed by atoms with van der Waals surface area (Å²) in [5.74, 6) is 0.785. The Hall–Kier alpha value is -0.760. The van der Waals surface area contributed by atoms with E-state index in [-0.39, 0.29) is 0 Å². The van der Waals surface area contributed by atoms with Gasteiger partial charge in [-0.3, -0.25) is 0 Å². The summed E-state index contributed by atoms with van der Waals surface area (Å²) >= 11 is 5.95. The van der Waals surface area contributed by atoms with Crippen molar-refractivity contribution < 1.29 is 0 Å². The molecule has 0 aliphatic heterocycles. The van der Waals surface area contributed by atoms with Crippen LogP contribution in [-0.2, 0) is 0 Å². The van der Waals surface area contributed by atoms with Crippen LogP contribution in [-0.4, -0.2) is 11.0 Å². The molecule has 1 aromatic rings. The maximum Gasteiger partial charge on any atom is 0.132 e. The number of anilines is 1. The molecule has 0 spiro atoms. The highest BCUT2D eigenvalue weighted by Gasteiger charge is 2.31. The fraction of sp³-hybridized carbons (Fsp3) is 0.667. The highest BCUT2D eigenvalue weighted by atomic mass is 35.5. The Labute approximate surface area is 115 Å². The second kappa shape index (κ2) is 5.08. The average Bonchev–Trinajstić information content (AvgIpc) is 2.20. The Kier molecular flexibility index (Phi) is 3.86. The zero-order valence-electron chi connectivity index (χ0n) is 11.8. The van der Waals surface area contributed by atoms with Gasteiger partial charge in [0.1, 0.15) is 5.15 Å². The molecule has 1 N–H and O–H groups in total. The first-order valence-corrected chi connectivity index (χ1v) is 7.12. The molecule has 1 fully saturated rings. The van der Waals surface area contributed by atoms with E-state index in [1.54, 1.807) is 0 Å². The van der Waals surface area contributed by atoms with Gasteiger partial charge in [-0.05, 0) is 49.1 Å². The van der Waals surface area contributed by atoms with E-state index in [0.29, 0.717) is 16.6 Å². The van der Waals surface area contributed by atoms with Gasteiger partial charge in [-0.15, -0.1) is 0 Å². The molecule has 2 unspecified atom stereocenters. The van der Waals surface area contributed by atoms with Crippen LogP contribution in [0.2, 0.25) is 5.15 Å². The number of pyridine rings is 1. The molecule has 0 bridgehead atoms. The minimum Gasteiger partial charge on any atom is -0.381 e. The third-order valence-corrected chi connectivity index (χ3v) is 4.17. The Morgan fingerprint density at radius 3 is 2.72 bits per heavy atom. The van der Waals surface area contributed by atoms with E-state index in [9.17, 15) is 0 Å². The molecule has 18 heavy (non-hydrogen) atoms. The third-order valence-electron chi connectivity index (χ3n) is 3.77. The van der Waals surface area contributed by atoms with Gasteiger partial charge in [-0.2, -0.15) is 0 Å². The summed E-state index contributed by atoms with van der Waals surface area (Å²) in [5, 5.41) is 4.21. The Bertz CT molecular complexity index is 429. The quantitative estimate of drug-likeness (QED) is 0.787. The maximum atomic E-state index is 5.95. The molecule has 100 valence electrons. The van der Waals surface area contributed by atoms with Crippen LogP contribution in [0.3, 0.4) is 0 Å². The van der Waals surface area contributed by atoms with E-state index < -0.39 is 0 Å². The monoisotopic (exact) mass is 266 g/mol. The number of nitrogens with zero attached hydrogens (tertiary/aromatic N) is 1. The number of rotatable bonds is 2. The van der Waals surface area contributed by atoms with Crippen molar-refractivity contribution in [3.63, 3.8) is 0 Å². The number of aryl methyl sites for hydroxylation is 1. The largest absolute Gasteiger partial charge is 0.381 e. The van der Waals surface area contributed by atoms with Crippen LogP contribution in [0.25, 0.3) is 0 Å². The van der Waals surface area contributed by atoms with Crippen LogP contribution in [0.4, 0.5) is 5.69 Å². The SMILES string of the molecule is Cc1cc(NC2CC(C)CC(C)(C)C2)cnc1Cl. The number of nitrogens with one attached hydrogen (secondary N) is 1. The van der Waals surface area contributed by atoms with Crippen molar-refractivity contribution in [2.45, 2.75) is 53.0 Å². The lowest BCUT2D eigenvalue weighted by molar-refractivity contribution is 0.178. The van der Waals surface area contributed by atoms with E-state index in [4.69, 9.17) is 11.6 Å². The number of hydrogen-bond acceptors (Lipinski definition) is 2. The predicted molar refractivity (Wildman–Crippen MR) is 78.2 cm³/mol. The molecule has 2 atom stereocenters. The van der Waals surface area contributed by atoms with E-state index in [1.165, 1.54) is 19.3 Å². The molecule has 2 rings (SSSR count). The molecule has 0 amide bonds. The second-order valence-corrected chi connectivity index (χ2v) is 6.94. The molecule has 1 saturated carbocycles. The molecular weight excluding hydrogens is 244 g/mol. The van der Waals surface area contributed by atoms with Crippen molar-refractivity contribution in [3.05, 3.63) is 23.0 Å². The summed E-state index contributed by atoms with van der Waals surface area (Å²) in [7, 11) is 0.